The zero-order valence-corrected chi connectivity index (χ0v) is 19.9. The van der Waals surface area contributed by atoms with Gasteiger partial charge in [0.05, 0.1) is 23.8 Å². The van der Waals surface area contributed by atoms with E-state index in [1.807, 2.05) is 0 Å². The number of nitrogens with zero attached hydrogens (tertiary/aromatic N) is 2. The van der Waals surface area contributed by atoms with E-state index < -0.39 is 11.8 Å². The molecule has 33 heavy (non-hydrogen) atoms. The molecule has 0 N–H and O–H groups in total. The molecule has 0 aliphatic carbocycles. The Morgan fingerprint density at radius 1 is 1.09 bits per heavy atom. The van der Waals surface area contributed by atoms with Crippen molar-refractivity contribution >= 4 is 35.1 Å². The smallest absolute Gasteiger partial charge is 0.325 e. The number of rotatable bonds is 9. The van der Waals surface area contributed by atoms with Gasteiger partial charge in [0.2, 0.25) is 0 Å². The summed E-state index contributed by atoms with van der Waals surface area (Å²) in [6, 6.07) is 10.5. The van der Waals surface area contributed by atoms with Crippen LogP contribution in [0, 0.1) is 5.82 Å². The first-order valence-corrected chi connectivity index (χ1v) is 11.6. The molecule has 1 fully saturated rings. The number of carbonyl (C=O) groups is 2. The molecule has 1 aliphatic heterocycles. The number of piperidine rings is 1. The lowest BCUT2D eigenvalue weighted by molar-refractivity contribution is -0.142. The number of hydrogen-bond donors (Lipinski definition) is 0. The molecule has 0 saturated carbocycles. The number of methoxy groups -OCH3 is 1. The third kappa shape index (κ3) is 7.32. The number of ether oxygens (including phenoxy) is 2. The first kappa shape index (κ1) is 25.3. The van der Waals surface area contributed by atoms with E-state index in [0.29, 0.717) is 28.0 Å². The van der Waals surface area contributed by atoms with Crippen molar-refractivity contribution in [2.75, 3.05) is 39.9 Å². The van der Waals surface area contributed by atoms with Crippen molar-refractivity contribution in [2.45, 2.75) is 25.3 Å². The Kier molecular flexibility index (Phi) is 9.35. The Hall–Kier alpha value is -2.35. The molecule has 6 nitrogen and oxygen atoms in total. The maximum atomic E-state index is 13.2. The van der Waals surface area contributed by atoms with Crippen LogP contribution in [0.2, 0.25) is 10.0 Å². The second-order valence-electron chi connectivity index (χ2n) is 7.87. The first-order valence-electron chi connectivity index (χ1n) is 10.8. The number of carbonyl (C=O) groups excluding carboxylic acids is 2. The van der Waals surface area contributed by atoms with Gasteiger partial charge in [0.1, 0.15) is 18.1 Å². The van der Waals surface area contributed by atoms with Crippen molar-refractivity contribution in [1.82, 2.24) is 9.80 Å². The molecule has 0 aromatic heterocycles. The topological polar surface area (TPSA) is 59.1 Å². The van der Waals surface area contributed by atoms with Crippen LogP contribution in [0.1, 0.15) is 29.6 Å². The highest BCUT2D eigenvalue weighted by molar-refractivity contribution is 6.42. The van der Waals surface area contributed by atoms with Crippen molar-refractivity contribution in [3.63, 3.8) is 0 Å². The van der Waals surface area contributed by atoms with Crippen LogP contribution in [0.3, 0.4) is 0 Å². The monoisotopic (exact) mass is 496 g/mol. The van der Waals surface area contributed by atoms with Gasteiger partial charge in [-0.3, -0.25) is 9.59 Å². The summed E-state index contributed by atoms with van der Waals surface area (Å²) in [5.74, 6) is -0.510. The lowest BCUT2D eigenvalue weighted by atomic mass is 10.0. The molecule has 2 aromatic carbocycles. The van der Waals surface area contributed by atoms with Gasteiger partial charge in [-0.05, 0) is 55.7 Å². The maximum Gasteiger partial charge on any atom is 0.325 e. The van der Waals surface area contributed by atoms with Gasteiger partial charge in [-0.2, -0.15) is 0 Å². The number of amides is 1. The molecule has 178 valence electrons. The van der Waals surface area contributed by atoms with Crippen LogP contribution in [0.15, 0.2) is 42.5 Å². The molecule has 0 atom stereocenters. The molecule has 1 heterocycles. The Bertz CT molecular complexity index is 950. The molecule has 1 saturated heterocycles. The minimum atomic E-state index is -0.479. The number of halogens is 3. The Morgan fingerprint density at radius 3 is 2.42 bits per heavy atom. The van der Waals surface area contributed by atoms with E-state index in [1.165, 1.54) is 31.4 Å². The molecule has 3 rings (SSSR count). The molecule has 0 unspecified atom stereocenters. The summed E-state index contributed by atoms with van der Waals surface area (Å²) < 4.78 is 23.8. The predicted octanol–water partition coefficient (Wildman–Crippen LogP) is 4.68. The minimum Gasteiger partial charge on any atom is -0.493 e. The lowest BCUT2D eigenvalue weighted by Gasteiger charge is -2.38. The van der Waals surface area contributed by atoms with Crippen LogP contribution in [-0.4, -0.2) is 67.6 Å². The van der Waals surface area contributed by atoms with Gasteiger partial charge < -0.3 is 19.3 Å². The average Bonchev–Trinajstić information content (AvgIpc) is 2.83. The number of hydrogen-bond acceptors (Lipinski definition) is 5. The minimum absolute atomic E-state index is 0.0923. The van der Waals surface area contributed by atoms with Gasteiger partial charge in [0, 0.05) is 37.3 Å². The SMILES string of the molecule is COC(=O)CN(C(=O)c1ccc(F)cc1)C1CCN(CCCOc2ccc(Cl)c(Cl)c2)CC1. The van der Waals surface area contributed by atoms with Gasteiger partial charge in [-0.1, -0.05) is 23.2 Å². The standard InChI is InChI=1S/C24H27Cl2FN2O4/c1-32-23(30)16-29(24(31)17-3-5-18(27)6-4-17)19-9-12-28(13-10-19)11-2-14-33-20-7-8-21(25)22(26)15-20/h3-8,15,19H,2,9-14,16H2,1H3. The van der Waals surface area contributed by atoms with Crippen LogP contribution in [0.4, 0.5) is 4.39 Å². The van der Waals surface area contributed by atoms with Crippen molar-refractivity contribution < 1.29 is 23.5 Å². The fourth-order valence-corrected chi connectivity index (χ4v) is 4.12. The van der Waals surface area contributed by atoms with Gasteiger partial charge in [0.15, 0.2) is 0 Å². The molecule has 1 aliphatic rings. The second kappa shape index (κ2) is 12.2. The molecule has 0 spiro atoms. The van der Waals surface area contributed by atoms with Gasteiger partial charge >= 0.3 is 5.97 Å². The third-order valence-corrected chi connectivity index (χ3v) is 6.39. The highest BCUT2D eigenvalue weighted by Crippen LogP contribution is 2.26. The van der Waals surface area contributed by atoms with Crippen LogP contribution in [0.25, 0.3) is 0 Å². The van der Waals surface area contributed by atoms with Crippen LogP contribution >= 0.6 is 23.2 Å². The van der Waals surface area contributed by atoms with Crippen LogP contribution < -0.4 is 4.74 Å². The highest BCUT2D eigenvalue weighted by atomic mass is 35.5. The molecule has 2 aromatic rings. The summed E-state index contributed by atoms with van der Waals surface area (Å²) in [5, 5.41) is 0.953. The number of likely N-dealkylation sites (tertiary alicyclic amines) is 1. The van der Waals surface area contributed by atoms with Crippen molar-refractivity contribution in [1.29, 1.82) is 0 Å². The Balaban J connectivity index is 1.49. The fourth-order valence-electron chi connectivity index (χ4n) is 3.83. The maximum absolute atomic E-state index is 13.2. The van der Waals surface area contributed by atoms with Gasteiger partial charge in [-0.25, -0.2) is 4.39 Å². The zero-order chi connectivity index (χ0) is 23.8. The van der Waals surface area contributed by atoms with Crippen molar-refractivity contribution in [3.8, 4) is 5.75 Å². The Labute approximate surface area is 203 Å². The summed E-state index contributed by atoms with van der Waals surface area (Å²) in [6.07, 6.45) is 2.31. The predicted molar refractivity (Wildman–Crippen MR) is 125 cm³/mol. The molecule has 9 heteroatoms. The molecular weight excluding hydrogens is 470 g/mol. The van der Waals surface area contributed by atoms with E-state index in [1.54, 1.807) is 23.1 Å². The fraction of sp³-hybridized carbons (Fsp3) is 0.417. The van der Waals surface area contributed by atoms with Crippen molar-refractivity contribution in [2.24, 2.45) is 0 Å². The van der Waals surface area contributed by atoms with Crippen molar-refractivity contribution in [3.05, 3.63) is 63.9 Å². The number of esters is 1. The normalized spacial score (nSPS) is 14.7. The first-order chi connectivity index (χ1) is 15.9. The Morgan fingerprint density at radius 2 is 1.79 bits per heavy atom. The van der Waals surface area contributed by atoms with Gasteiger partial charge in [-0.15, -0.1) is 0 Å². The van der Waals surface area contributed by atoms with Crippen LogP contribution in [0.5, 0.6) is 5.75 Å². The molecule has 0 radical (unpaired) electrons. The van der Waals surface area contributed by atoms with E-state index in [9.17, 15) is 14.0 Å². The average molecular weight is 497 g/mol. The molecular formula is C24H27Cl2FN2O4. The third-order valence-electron chi connectivity index (χ3n) is 5.66. The van der Waals surface area contributed by atoms with E-state index in [-0.39, 0.29) is 18.5 Å². The van der Waals surface area contributed by atoms with Gasteiger partial charge in [0.25, 0.3) is 5.91 Å². The molecule has 0 bridgehead atoms. The summed E-state index contributed by atoms with van der Waals surface area (Å²) in [4.78, 5) is 28.8. The van der Waals surface area contributed by atoms with E-state index >= 15 is 0 Å². The lowest BCUT2D eigenvalue weighted by Crippen LogP contribution is -2.49. The van der Waals surface area contributed by atoms with E-state index in [4.69, 9.17) is 32.7 Å². The number of benzene rings is 2. The summed E-state index contributed by atoms with van der Waals surface area (Å²) in [6.45, 7) is 2.87. The highest BCUT2D eigenvalue weighted by Gasteiger charge is 2.30. The van der Waals surface area contributed by atoms with Crippen LogP contribution in [-0.2, 0) is 9.53 Å². The van der Waals surface area contributed by atoms with E-state index in [2.05, 4.69) is 4.90 Å². The second-order valence-corrected chi connectivity index (χ2v) is 8.68. The largest absolute Gasteiger partial charge is 0.493 e. The zero-order valence-electron chi connectivity index (χ0n) is 18.4. The summed E-state index contributed by atoms with van der Waals surface area (Å²) in [7, 11) is 1.30. The van der Waals surface area contributed by atoms with E-state index in [0.717, 1.165) is 38.9 Å². The summed E-state index contributed by atoms with van der Waals surface area (Å²) in [5.41, 5.74) is 0.349. The summed E-state index contributed by atoms with van der Waals surface area (Å²) >= 11 is 11.9. The quantitative estimate of drug-likeness (QED) is 0.372. The molecule has 1 amide bonds.